The molecule has 0 atom stereocenters. The average molecular weight is 416 g/mol. The van der Waals surface area contributed by atoms with E-state index in [1.807, 2.05) is 72.1 Å². The van der Waals surface area contributed by atoms with Crippen molar-refractivity contribution in [3.8, 4) is 0 Å². The summed E-state index contributed by atoms with van der Waals surface area (Å²) in [6.07, 6.45) is 2.01. The summed E-state index contributed by atoms with van der Waals surface area (Å²) in [4.78, 5) is 16.5. The van der Waals surface area contributed by atoms with Gasteiger partial charge in [0.2, 0.25) is 0 Å². The van der Waals surface area contributed by atoms with E-state index < -0.39 is 0 Å². The van der Waals surface area contributed by atoms with Gasteiger partial charge in [0.05, 0.1) is 19.1 Å². The van der Waals surface area contributed by atoms with Crippen molar-refractivity contribution in [2.24, 2.45) is 7.05 Å². The fourth-order valence-corrected chi connectivity index (χ4v) is 4.23. The van der Waals surface area contributed by atoms with Crippen LogP contribution in [-0.2, 0) is 20.1 Å². The van der Waals surface area contributed by atoms with Crippen LogP contribution in [0.25, 0.3) is 0 Å². The lowest BCUT2D eigenvalue weighted by Gasteiger charge is -2.27. The van der Waals surface area contributed by atoms with Crippen molar-refractivity contribution in [3.05, 3.63) is 118 Å². The quantitative estimate of drug-likeness (QED) is 0.420. The fraction of sp³-hybridized carbons (Fsp3) is 0.160. The van der Waals surface area contributed by atoms with Gasteiger partial charge < -0.3 is 14.8 Å². The van der Waals surface area contributed by atoms with E-state index in [0.717, 1.165) is 21.7 Å². The smallest absolute Gasteiger partial charge is 0.318 e. The molecule has 0 aliphatic heterocycles. The lowest BCUT2D eigenvalue weighted by atomic mass is 9.99. The maximum absolute atomic E-state index is 13.5. The van der Waals surface area contributed by atoms with Gasteiger partial charge in [-0.1, -0.05) is 66.7 Å². The topological polar surface area (TPSA) is 37.3 Å². The first-order chi connectivity index (χ1) is 14.7. The Bertz CT molecular complexity index is 1020. The largest absolute Gasteiger partial charge is 0.353 e. The predicted octanol–water partition coefficient (Wildman–Crippen LogP) is 5.59. The molecule has 2 amide bonds. The van der Waals surface area contributed by atoms with Crippen molar-refractivity contribution < 1.29 is 4.79 Å². The summed E-state index contributed by atoms with van der Waals surface area (Å²) in [5.74, 6) is 0. The number of carbonyl (C=O) groups excluding carboxylic acids is 1. The normalized spacial score (nSPS) is 10.9. The number of amides is 2. The van der Waals surface area contributed by atoms with Gasteiger partial charge in [-0.3, -0.25) is 0 Å². The van der Waals surface area contributed by atoms with E-state index in [0.29, 0.717) is 13.1 Å². The van der Waals surface area contributed by atoms with Crippen LogP contribution >= 0.6 is 11.3 Å². The molecule has 0 bridgehead atoms. The number of aryl methyl sites for hydroxylation is 1. The number of thiophene rings is 1. The molecule has 4 nitrogen and oxygen atoms in total. The highest BCUT2D eigenvalue weighted by molar-refractivity contribution is 7.09. The highest BCUT2D eigenvalue weighted by atomic mass is 32.1. The molecule has 0 unspecified atom stereocenters. The molecule has 2 aromatic heterocycles. The van der Waals surface area contributed by atoms with Gasteiger partial charge in [0, 0.05) is 23.8 Å². The van der Waals surface area contributed by atoms with Crippen molar-refractivity contribution >= 4 is 17.4 Å². The number of hydrogen-bond donors (Lipinski definition) is 1. The summed E-state index contributed by atoms with van der Waals surface area (Å²) in [7, 11) is 2.01. The molecule has 0 fully saturated rings. The van der Waals surface area contributed by atoms with E-state index in [4.69, 9.17) is 0 Å². The fourth-order valence-electron chi connectivity index (χ4n) is 3.51. The first kappa shape index (κ1) is 20.0. The number of nitrogens with one attached hydrogen (secondary N) is 1. The molecular formula is C25H25N3OS. The molecule has 2 aromatic carbocycles. The maximum atomic E-state index is 13.5. The molecule has 2 heterocycles. The molecule has 0 radical (unpaired) electrons. The number of urea groups is 1. The Kier molecular flexibility index (Phi) is 6.30. The first-order valence-corrected chi connectivity index (χ1v) is 10.9. The Balaban J connectivity index is 1.61. The number of nitrogens with zero attached hydrogens (tertiary/aromatic N) is 2. The Labute approximate surface area is 181 Å². The second kappa shape index (κ2) is 9.46. The standard InChI is InChI=1S/C25H25N3OS/c1-27-16-8-14-22(27)18-28(19-23-15-9-17-30-23)25(29)26-24(20-10-4-2-5-11-20)21-12-6-3-7-13-21/h2-17,24H,18-19H2,1H3,(H,26,29). The van der Waals surface area contributed by atoms with Crippen LogP contribution in [0.15, 0.2) is 96.5 Å². The van der Waals surface area contributed by atoms with E-state index >= 15 is 0 Å². The lowest BCUT2D eigenvalue weighted by molar-refractivity contribution is 0.189. The van der Waals surface area contributed by atoms with E-state index in [1.54, 1.807) is 11.3 Å². The van der Waals surface area contributed by atoms with Gasteiger partial charge in [0.1, 0.15) is 0 Å². The first-order valence-electron chi connectivity index (χ1n) is 9.98. The minimum Gasteiger partial charge on any atom is -0.353 e. The van der Waals surface area contributed by atoms with Gasteiger partial charge in [-0.05, 0) is 34.7 Å². The maximum Gasteiger partial charge on any atom is 0.318 e. The van der Waals surface area contributed by atoms with Crippen LogP contribution in [0.4, 0.5) is 4.79 Å². The van der Waals surface area contributed by atoms with Crippen LogP contribution in [0, 0.1) is 0 Å². The number of aromatic nitrogens is 1. The van der Waals surface area contributed by atoms with Crippen LogP contribution in [-0.4, -0.2) is 15.5 Å². The molecule has 152 valence electrons. The third-order valence-corrected chi connectivity index (χ3v) is 6.01. The summed E-state index contributed by atoms with van der Waals surface area (Å²) >= 11 is 1.67. The van der Waals surface area contributed by atoms with E-state index in [-0.39, 0.29) is 12.1 Å². The van der Waals surface area contributed by atoms with Crippen molar-refractivity contribution in [3.63, 3.8) is 0 Å². The van der Waals surface area contributed by atoms with E-state index in [9.17, 15) is 4.79 Å². The van der Waals surface area contributed by atoms with Gasteiger partial charge in [0.15, 0.2) is 0 Å². The minimum absolute atomic E-state index is 0.0812. The minimum atomic E-state index is -0.209. The summed E-state index contributed by atoms with van der Waals surface area (Å²) in [5, 5.41) is 5.32. The number of rotatable bonds is 7. The number of carbonyl (C=O) groups is 1. The summed E-state index contributed by atoms with van der Waals surface area (Å²) in [5.41, 5.74) is 3.22. The van der Waals surface area contributed by atoms with Gasteiger partial charge in [0.25, 0.3) is 0 Å². The number of benzene rings is 2. The van der Waals surface area contributed by atoms with Crippen LogP contribution < -0.4 is 5.32 Å². The summed E-state index contributed by atoms with van der Waals surface area (Å²) < 4.78 is 2.06. The molecule has 4 aromatic rings. The third kappa shape index (κ3) is 4.81. The molecular weight excluding hydrogens is 390 g/mol. The number of hydrogen-bond acceptors (Lipinski definition) is 2. The molecule has 0 saturated carbocycles. The van der Waals surface area contributed by atoms with Crippen molar-refractivity contribution in [2.75, 3.05) is 0 Å². The molecule has 5 heteroatoms. The zero-order valence-electron chi connectivity index (χ0n) is 16.9. The predicted molar refractivity (Wildman–Crippen MR) is 122 cm³/mol. The summed E-state index contributed by atoms with van der Waals surface area (Å²) in [6, 6.07) is 28.1. The highest BCUT2D eigenvalue weighted by Gasteiger charge is 2.22. The molecule has 1 N–H and O–H groups in total. The Morgan fingerprint density at radius 3 is 2.10 bits per heavy atom. The van der Waals surface area contributed by atoms with Crippen LogP contribution in [0.2, 0.25) is 0 Å². The van der Waals surface area contributed by atoms with Crippen LogP contribution in [0.5, 0.6) is 0 Å². The SMILES string of the molecule is Cn1cccc1CN(Cc1cccs1)C(=O)NC(c1ccccc1)c1ccccc1. The zero-order valence-corrected chi connectivity index (χ0v) is 17.8. The Morgan fingerprint density at radius 1 is 0.900 bits per heavy atom. The molecule has 0 saturated heterocycles. The Morgan fingerprint density at radius 2 is 1.57 bits per heavy atom. The molecule has 0 spiro atoms. The average Bonchev–Trinajstić information content (AvgIpc) is 3.44. The molecule has 30 heavy (non-hydrogen) atoms. The van der Waals surface area contributed by atoms with Crippen molar-refractivity contribution in [1.29, 1.82) is 0 Å². The second-order valence-corrected chi connectivity index (χ2v) is 8.28. The van der Waals surface area contributed by atoms with Gasteiger partial charge in [-0.15, -0.1) is 11.3 Å². The zero-order chi connectivity index (χ0) is 20.8. The van der Waals surface area contributed by atoms with Gasteiger partial charge in [-0.25, -0.2) is 4.79 Å². The monoisotopic (exact) mass is 415 g/mol. The second-order valence-electron chi connectivity index (χ2n) is 7.25. The molecule has 0 aliphatic carbocycles. The van der Waals surface area contributed by atoms with E-state index in [2.05, 4.69) is 46.3 Å². The van der Waals surface area contributed by atoms with Gasteiger partial charge >= 0.3 is 6.03 Å². The van der Waals surface area contributed by atoms with Crippen molar-refractivity contribution in [2.45, 2.75) is 19.1 Å². The lowest BCUT2D eigenvalue weighted by Crippen LogP contribution is -2.41. The van der Waals surface area contributed by atoms with Crippen LogP contribution in [0.1, 0.15) is 27.7 Å². The molecule has 4 rings (SSSR count). The van der Waals surface area contributed by atoms with Crippen molar-refractivity contribution in [1.82, 2.24) is 14.8 Å². The molecule has 0 aliphatic rings. The van der Waals surface area contributed by atoms with E-state index in [1.165, 1.54) is 0 Å². The van der Waals surface area contributed by atoms with Gasteiger partial charge in [-0.2, -0.15) is 0 Å². The third-order valence-electron chi connectivity index (χ3n) is 5.15. The summed E-state index contributed by atoms with van der Waals surface area (Å²) in [6.45, 7) is 1.12. The highest BCUT2D eigenvalue weighted by Crippen LogP contribution is 2.23. The Hall–Kier alpha value is -3.31. The van der Waals surface area contributed by atoms with Crippen LogP contribution in [0.3, 0.4) is 0 Å².